The number of hydrogen-bond acceptors (Lipinski definition) is 3. The molecule has 1 N–H and O–H groups in total. The van der Waals surface area contributed by atoms with Gasteiger partial charge in [0, 0.05) is 22.9 Å². The molecule has 20 heavy (non-hydrogen) atoms. The molecule has 0 bridgehead atoms. The quantitative estimate of drug-likeness (QED) is 0.910. The van der Waals surface area contributed by atoms with E-state index in [-0.39, 0.29) is 0 Å². The van der Waals surface area contributed by atoms with Gasteiger partial charge in [-0.15, -0.1) is 0 Å². The molecular weight excluding hydrogens is 250 g/mol. The Morgan fingerprint density at radius 3 is 2.65 bits per heavy atom. The van der Waals surface area contributed by atoms with Gasteiger partial charge >= 0.3 is 0 Å². The number of nitrogens with one attached hydrogen (secondary N) is 1. The maximum absolute atomic E-state index is 5.41. The molecule has 0 spiro atoms. The lowest BCUT2D eigenvalue weighted by atomic mass is 10.1. The van der Waals surface area contributed by atoms with Crippen LogP contribution >= 0.6 is 0 Å². The minimum Gasteiger partial charge on any atom is -0.496 e. The summed E-state index contributed by atoms with van der Waals surface area (Å²) in [6, 6.07) is 8.38. The summed E-state index contributed by atoms with van der Waals surface area (Å²) in [5.74, 6) is 0.906. The van der Waals surface area contributed by atoms with Crippen LogP contribution in [0.1, 0.15) is 35.5 Å². The Balaban J connectivity index is 2.35. The van der Waals surface area contributed by atoms with Crippen molar-refractivity contribution in [1.82, 2.24) is 15.1 Å². The average molecular weight is 273 g/mol. The molecule has 0 saturated heterocycles. The van der Waals surface area contributed by atoms with Gasteiger partial charge in [-0.1, -0.05) is 18.2 Å². The van der Waals surface area contributed by atoms with Crippen molar-refractivity contribution in [2.24, 2.45) is 0 Å². The highest BCUT2D eigenvalue weighted by Crippen LogP contribution is 2.24. The molecule has 1 atom stereocenters. The van der Waals surface area contributed by atoms with Crippen molar-refractivity contribution >= 4 is 0 Å². The van der Waals surface area contributed by atoms with E-state index in [9.17, 15) is 0 Å². The number of aromatic nitrogens is 2. The average Bonchev–Trinajstić information content (AvgIpc) is 2.73. The van der Waals surface area contributed by atoms with Gasteiger partial charge in [-0.3, -0.25) is 4.68 Å². The summed E-state index contributed by atoms with van der Waals surface area (Å²) in [4.78, 5) is 0. The second-order valence-electron chi connectivity index (χ2n) is 5.06. The van der Waals surface area contributed by atoms with Gasteiger partial charge in [-0.05, 0) is 33.9 Å². The van der Waals surface area contributed by atoms with E-state index in [1.165, 1.54) is 11.3 Å². The Morgan fingerprint density at radius 2 is 2.00 bits per heavy atom. The van der Waals surface area contributed by atoms with Gasteiger partial charge in [0.25, 0.3) is 0 Å². The van der Waals surface area contributed by atoms with Crippen LogP contribution in [-0.4, -0.2) is 23.9 Å². The first-order valence-electron chi connectivity index (χ1n) is 6.91. The SMILES string of the molecule is CNC(C)c1c(C)nn(Cc2ccccc2OC)c1C. The van der Waals surface area contributed by atoms with Crippen LogP contribution < -0.4 is 10.1 Å². The van der Waals surface area contributed by atoms with Crippen LogP contribution in [0, 0.1) is 13.8 Å². The lowest BCUT2D eigenvalue weighted by molar-refractivity contribution is 0.407. The predicted molar refractivity (Wildman–Crippen MR) is 81.3 cm³/mol. The fourth-order valence-electron chi connectivity index (χ4n) is 2.63. The molecule has 1 unspecified atom stereocenters. The minimum absolute atomic E-state index is 0.307. The molecule has 4 heteroatoms. The first-order chi connectivity index (χ1) is 9.58. The molecule has 2 rings (SSSR count). The van der Waals surface area contributed by atoms with Crippen molar-refractivity contribution in [3.8, 4) is 5.75 Å². The fraction of sp³-hybridized carbons (Fsp3) is 0.438. The summed E-state index contributed by atoms with van der Waals surface area (Å²) < 4.78 is 7.46. The molecule has 0 saturated carbocycles. The Kier molecular flexibility index (Phi) is 4.45. The number of methoxy groups -OCH3 is 1. The number of benzene rings is 1. The largest absolute Gasteiger partial charge is 0.496 e. The Labute approximate surface area is 120 Å². The van der Waals surface area contributed by atoms with Crippen LogP contribution in [0.5, 0.6) is 5.75 Å². The molecule has 0 aliphatic carbocycles. The summed E-state index contributed by atoms with van der Waals surface area (Å²) in [5.41, 5.74) is 4.71. The number of hydrogen-bond donors (Lipinski definition) is 1. The third-order valence-corrected chi connectivity index (χ3v) is 3.82. The molecule has 0 aliphatic heterocycles. The standard InChI is InChI=1S/C16H23N3O/c1-11(17-4)16-12(2)18-19(13(16)3)10-14-8-6-7-9-15(14)20-5/h6-9,11,17H,10H2,1-5H3. The van der Waals surface area contributed by atoms with E-state index in [1.807, 2.05) is 25.2 Å². The van der Waals surface area contributed by atoms with E-state index >= 15 is 0 Å². The Bertz CT molecular complexity index is 589. The number of rotatable bonds is 5. The van der Waals surface area contributed by atoms with Crippen molar-refractivity contribution < 1.29 is 4.74 Å². The number of aryl methyl sites for hydroxylation is 1. The third-order valence-electron chi connectivity index (χ3n) is 3.82. The molecule has 1 aromatic carbocycles. The van der Waals surface area contributed by atoms with Gasteiger partial charge < -0.3 is 10.1 Å². The van der Waals surface area contributed by atoms with Crippen LogP contribution in [0.4, 0.5) is 0 Å². The molecule has 0 amide bonds. The van der Waals surface area contributed by atoms with E-state index in [1.54, 1.807) is 7.11 Å². The highest BCUT2D eigenvalue weighted by molar-refractivity contribution is 5.35. The molecule has 0 fully saturated rings. The van der Waals surface area contributed by atoms with Crippen molar-refractivity contribution in [3.05, 3.63) is 46.8 Å². The lowest BCUT2D eigenvalue weighted by Crippen LogP contribution is -2.14. The molecular formula is C16H23N3O. The van der Waals surface area contributed by atoms with Crippen LogP contribution in [-0.2, 0) is 6.54 Å². The number of nitrogens with zero attached hydrogens (tertiary/aromatic N) is 2. The van der Waals surface area contributed by atoms with Crippen molar-refractivity contribution in [1.29, 1.82) is 0 Å². The summed E-state index contributed by atoms with van der Waals surface area (Å²) in [6.07, 6.45) is 0. The highest BCUT2D eigenvalue weighted by atomic mass is 16.5. The van der Waals surface area contributed by atoms with Gasteiger partial charge in [0.15, 0.2) is 0 Å². The van der Waals surface area contributed by atoms with E-state index in [0.717, 1.165) is 23.6 Å². The highest BCUT2D eigenvalue weighted by Gasteiger charge is 2.16. The molecule has 0 radical (unpaired) electrons. The number of ether oxygens (including phenoxy) is 1. The van der Waals surface area contributed by atoms with E-state index < -0.39 is 0 Å². The van der Waals surface area contributed by atoms with E-state index in [2.05, 4.69) is 41.9 Å². The van der Waals surface area contributed by atoms with Crippen molar-refractivity contribution in [2.45, 2.75) is 33.4 Å². The van der Waals surface area contributed by atoms with Crippen LogP contribution in [0.15, 0.2) is 24.3 Å². The minimum atomic E-state index is 0.307. The van der Waals surface area contributed by atoms with Crippen LogP contribution in [0.2, 0.25) is 0 Å². The van der Waals surface area contributed by atoms with Gasteiger partial charge in [0.05, 0.1) is 19.3 Å². The molecule has 1 aromatic heterocycles. The van der Waals surface area contributed by atoms with E-state index in [4.69, 9.17) is 4.74 Å². The molecule has 4 nitrogen and oxygen atoms in total. The second-order valence-corrected chi connectivity index (χ2v) is 5.06. The monoisotopic (exact) mass is 273 g/mol. The third kappa shape index (κ3) is 2.70. The van der Waals surface area contributed by atoms with Crippen molar-refractivity contribution in [3.63, 3.8) is 0 Å². The first-order valence-corrected chi connectivity index (χ1v) is 6.91. The maximum Gasteiger partial charge on any atom is 0.123 e. The summed E-state index contributed by atoms with van der Waals surface area (Å²) in [7, 11) is 3.68. The fourth-order valence-corrected chi connectivity index (χ4v) is 2.63. The Morgan fingerprint density at radius 1 is 1.30 bits per heavy atom. The molecule has 108 valence electrons. The molecule has 2 aromatic rings. The van der Waals surface area contributed by atoms with Gasteiger partial charge in [0.2, 0.25) is 0 Å². The zero-order valence-electron chi connectivity index (χ0n) is 12.9. The zero-order valence-corrected chi connectivity index (χ0v) is 12.9. The number of para-hydroxylation sites is 1. The van der Waals surface area contributed by atoms with Gasteiger partial charge in [0.1, 0.15) is 5.75 Å². The second kappa shape index (κ2) is 6.09. The van der Waals surface area contributed by atoms with Crippen molar-refractivity contribution in [2.75, 3.05) is 14.2 Å². The summed E-state index contributed by atoms with van der Waals surface area (Å²) in [6.45, 7) is 7.07. The van der Waals surface area contributed by atoms with Gasteiger partial charge in [-0.25, -0.2) is 0 Å². The van der Waals surface area contributed by atoms with Crippen LogP contribution in [0.3, 0.4) is 0 Å². The summed E-state index contributed by atoms with van der Waals surface area (Å²) in [5, 5.41) is 7.96. The Hall–Kier alpha value is -1.81. The first kappa shape index (κ1) is 14.6. The predicted octanol–water partition coefficient (Wildman–Crippen LogP) is 2.84. The van der Waals surface area contributed by atoms with E-state index in [0.29, 0.717) is 6.04 Å². The van der Waals surface area contributed by atoms with Gasteiger partial charge in [-0.2, -0.15) is 5.10 Å². The topological polar surface area (TPSA) is 39.1 Å². The van der Waals surface area contributed by atoms with Crippen LogP contribution in [0.25, 0.3) is 0 Å². The summed E-state index contributed by atoms with van der Waals surface area (Å²) >= 11 is 0. The normalized spacial score (nSPS) is 12.4. The zero-order chi connectivity index (χ0) is 14.7. The molecule has 1 heterocycles. The smallest absolute Gasteiger partial charge is 0.123 e. The maximum atomic E-state index is 5.41. The lowest BCUT2D eigenvalue weighted by Gasteiger charge is -2.12. The molecule has 0 aliphatic rings.